The minimum atomic E-state index is -0.592. The van der Waals surface area contributed by atoms with Crippen molar-refractivity contribution >= 4 is 23.2 Å². The van der Waals surface area contributed by atoms with E-state index in [1.165, 1.54) is 18.4 Å². The molecule has 0 heterocycles. The SMILES string of the molecule is CCN(CCCC(C#N)(c1c(Cl)cccc1Cl)C1CCCC1)CCc1ccccc1. The molecule has 1 saturated carbocycles. The second kappa shape index (κ2) is 11.2. The first kappa shape index (κ1) is 23.1. The van der Waals surface area contributed by atoms with Crippen LogP contribution in [0.2, 0.25) is 10.0 Å². The van der Waals surface area contributed by atoms with E-state index in [0.29, 0.717) is 16.0 Å². The lowest BCUT2D eigenvalue weighted by atomic mass is 9.67. The number of nitriles is 1. The molecule has 0 aromatic heterocycles. The molecule has 1 aliphatic rings. The molecule has 1 unspecified atom stereocenters. The fourth-order valence-corrected chi connectivity index (χ4v) is 5.76. The van der Waals surface area contributed by atoms with Gasteiger partial charge in [0.2, 0.25) is 0 Å². The highest BCUT2D eigenvalue weighted by molar-refractivity contribution is 6.36. The maximum atomic E-state index is 10.4. The number of hydrogen-bond donors (Lipinski definition) is 0. The van der Waals surface area contributed by atoms with Crippen LogP contribution in [0, 0.1) is 17.2 Å². The number of rotatable bonds is 10. The van der Waals surface area contributed by atoms with Crippen LogP contribution in [-0.4, -0.2) is 24.5 Å². The Morgan fingerprint density at radius 2 is 1.67 bits per heavy atom. The van der Waals surface area contributed by atoms with Crippen LogP contribution < -0.4 is 0 Å². The molecule has 0 N–H and O–H groups in total. The Morgan fingerprint density at radius 3 is 2.27 bits per heavy atom. The molecule has 0 bridgehead atoms. The zero-order chi connectivity index (χ0) is 21.4. The first-order valence-electron chi connectivity index (χ1n) is 11.2. The van der Waals surface area contributed by atoms with Crippen molar-refractivity contribution in [3.05, 3.63) is 69.7 Å². The molecule has 0 amide bonds. The van der Waals surface area contributed by atoms with Crippen LogP contribution in [0.1, 0.15) is 56.6 Å². The second-order valence-corrected chi connectivity index (χ2v) is 9.25. The molecule has 0 saturated heterocycles. The maximum Gasteiger partial charge on any atom is 0.0879 e. The van der Waals surface area contributed by atoms with Gasteiger partial charge in [-0.1, -0.05) is 79.4 Å². The standard InChI is InChI=1S/C26H32Cl2N2/c1-2-30(19-16-21-10-4-3-5-11-21)18-9-17-26(20-29,22-12-6-7-13-22)25-23(27)14-8-15-24(25)28/h3-5,8,10-11,14-15,22H,2,6-7,9,12-13,16-19H2,1H3. The summed E-state index contributed by atoms with van der Waals surface area (Å²) in [6.45, 7) is 5.25. The highest BCUT2D eigenvalue weighted by atomic mass is 35.5. The summed E-state index contributed by atoms with van der Waals surface area (Å²) in [5.41, 5.74) is 1.64. The zero-order valence-corrected chi connectivity index (χ0v) is 19.4. The average molecular weight is 443 g/mol. The largest absolute Gasteiger partial charge is 0.303 e. The third-order valence-electron chi connectivity index (χ3n) is 6.71. The van der Waals surface area contributed by atoms with E-state index in [1.54, 1.807) is 0 Å². The van der Waals surface area contributed by atoms with E-state index in [2.05, 4.69) is 48.2 Å². The lowest BCUT2D eigenvalue weighted by molar-refractivity contribution is 0.255. The molecule has 0 aliphatic heterocycles. The van der Waals surface area contributed by atoms with E-state index < -0.39 is 5.41 Å². The van der Waals surface area contributed by atoms with Crippen molar-refractivity contribution < 1.29 is 0 Å². The Morgan fingerprint density at radius 1 is 1.00 bits per heavy atom. The molecule has 2 aromatic carbocycles. The zero-order valence-electron chi connectivity index (χ0n) is 17.9. The summed E-state index contributed by atoms with van der Waals surface area (Å²) >= 11 is 13.2. The van der Waals surface area contributed by atoms with Crippen LogP contribution in [0.25, 0.3) is 0 Å². The summed E-state index contributed by atoms with van der Waals surface area (Å²) in [5.74, 6) is 0.333. The van der Waals surface area contributed by atoms with Gasteiger partial charge in [-0.15, -0.1) is 0 Å². The number of halogens is 2. The normalized spacial score (nSPS) is 16.5. The van der Waals surface area contributed by atoms with E-state index in [1.807, 2.05) is 18.2 Å². The molecular weight excluding hydrogens is 411 g/mol. The van der Waals surface area contributed by atoms with Gasteiger partial charge in [0.25, 0.3) is 0 Å². The quantitative estimate of drug-likeness (QED) is 0.386. The summed E-state index contributed by atoms with van der Waals surface area (Å²) in [7, 11) is 0. The van der Waals surface area contributed by atoms with E-state index in [4.69, 9.17) is 23.2 Å². The summed E-state index contributed by atoms with van der Waals surface area (Å²) in [5, 5.41) is 11.7. The molecule has 0 spiro atoms. The Balaban J connectivity index is 1.71. The summed E-state index contributed by atoms with van der Waals surface area (Å²) in [6.07, 6.45) is 7.37. The van der Waals surface area contributed by atoms with Gasteiger partial charge < -0.3 is 4.90 Å². The molecule has 4 heteroatoms. The summed E-state index contributed by atoms with van der Waals surface area (Å²) in [6, 6.07) is 19.0. The molecule has 1 fully saturated rings. The Labute approximate surface area is 191 Å². The molecule has 1 atom stereocenters. The molecule has 1 aliphatic carbocycles. The predicted octanol–water partition coefficient (Wildman–Crippen LogP) is 7.29. The van der Waals surface area contributed by atoms with E-state index in [0.717, 1.165) is 57.3 Å². The molecule has 160 valence electrons. The van der Waals surface area contributed by atoms with E-state index in [9.17, 15) is 5.26 Å². The number of hydrogen-bond acceptors (Lipinski definition) is 2. The van der Waals surface area contributed by atoms with Crippen molar-refractivity contribution in [1.29, 1.82) is 5.26 Å². The van der Waals surface area contributed by atoms with Gasteiger partial charge in [-0.2, -0.15) is 5.26 Å². The fraction of sp³-hybridized carbons (Fsp3) is 0.500. The van der Waals surface area contributed by atoms with Gasteiger partial charge in [-0.05, 0) is 68.8 Å². The maximum absolute atomic E-state index is 10.4. The molecule has 30 heavy (non-hydrogen) atoms. The van der Waals surface area contributed by atoms with Gasteiger partial charge in [0.05, 0.1) is 11.5 Å². The van der Waals surface area contributed by atoms with Crippen LogP contribution in [-0.2, 0) is 11.8 Å². The molecule has 2 nitrogen and oxygen atoms in total. The highest BCUT2D eigenvalue weighted by Gasteiger charge is 2.44. The first-order chi connectivity index (χ1) is 14.6. The third-order valence-corrected chi connectivity index (χ3v) is 7.34. The van der Waals surface area contributed by atoms with Crippen LogP contribution in [0.3, 0.4) is 0 Å². The van der Waals surface area contributed by atoms with Crippen LogP contribution in [0.15, 0.2) is 48.5 Å². The number of nitrogens with zero attached hydrogens (tertiary/aromatic N) is 2. The average Bonchev–Trinajstić information content (AvgIpc) is 3.31. The monoisotopic (exact) mass is 442 g/mol. The van der Waals surface area contributed by atoms with Gasteiger partial charge in [0, 0.05) is 22.2 Å². The highest BCUT2D eigenvalue weighted by Crippen LogP contribution is 2.49. The van der Waals surface area contributed by atoms with Crippen molar-refractivity contribution in [2.24, 2.45) is 5.92 Å². The van der Waals surface area contributed by atoms with Gasteiger partial charge in [0.15, 0.2) is 0 Å². The van der Waals surface area contributed by atoms with Crippen LogP contribution in [0.4, 0.5) is 0 Å². The topological polar surface area (TPSA) is 27.0 Å². The smallest absolute Gasteiger partial charge is 0.0879 e. The second-order valence-electron chi connectivity index (χ2n) is 8.43. The van der Waals surface area contributed by atoms with Crippen molar-refractivity contribution in [1.82, 2.24) is 4.90 Å². The van der Waals surface area contributed by atoms with Crippen molar-refractivity contribution in [2.75, 3.05) is 19.6 Å². The van der Waals surface area contributed by atoms with E-state index in [-0.39, 0.29) is 0 Å². The third kappa shape index (κ3) is 5.38. The molecule has 3 rings (SSSR count). The van der Waals surface area contributed by atoms with Gasteiger partial charge in [-0.25, -0.2) is 0 Å². The van der Waals surface area contributed by atoms with Crippen LogP contribution >= 0.6 is 23.2 Å². The van der Waals surface area contributed by atoms with Crippen molar-refractivity contribution in [3.63, 3.8) is 0 Å². The molecule has 0 radical (unpaired) electrons. The van der Waals surface area contributed by atoms with E-state index >= 15 is 0 Å². The number of likely N-dealkylation sites (N-methyl/N-ethyl adjacent to an activating group) is 1. The Bertz CT molecular complexity index is 820. The predicted molar refractivity (Wildman–Crippen MR) is 127 cm³/mol. The van der Waals surface area contributed by atoms with Crippen LogP contribution in [0.5, 0.6) is 0 Å². The van der Waals surface area contributed by atoms with Gasteiger partial charge >= 0.3 is 0 Å². The van der Waals surface area contributed by atoms with Gasteiger partial charge in [-0.3, -0.25) is 0 Å². The van der Waals surface area contributed by atoms with Crippen molar-refractivity contribution in [3.8, 4) is 6.07 Å². The number of benzene rings is 2. The minimum Gasteiger partial charge on any atom is -0.303 e. The Hall–Kier alpha value is -1.53. The summed E-state index contributed by atoms with van der Waals surface area (Å²) in [4.78, 5) is 2.48. The fourth-order valence-electron chi connectivity index (χ4n) is 5.02. The molecule has 2 aromatic rings. The minimum absolute atomic E-state index is 0.333. The first-order valence-corrected chi connectivity index (χ1v) is 12.0. The molecular formula is C26H32Cl2N2. The lowest BCUT2D eigenvalue weighted by Crippen LogP contribution is -2.35. The van der Waals surface area contributed by atoms with Gasteiger partial charge in [0.1, 0.15) is 0 Å². The Kier molecular flexibility index (Phi) is 8.63. The summed E-state index contributed by atoms with van der Waals surface area (Å²) < 4.78 is 0. The lowest BCUT2D eigenvalue weighted by Gasteiger charge is -2.35. The van der Waals surface area contributed by atoms with Crippen molar-refractivity contribution in [2.45, 2.75) is 57.3 Å².